The maximum Gasteiger partial charge on any atom is 0.342 e. The Kier molecular flexibility index (Phi) is 7.71. The van der Waals surface area contributed by atoms with Gasteiger partial charge in [0.2, 0.25) is 5.75 Å². The monoisotopic (exact) mass is 596 g/mol. The Bertz CT molecular complexity index is 1790. The van der Waals surface area contributed by atoms with E-state index in [0.717, 1.165) is 17.3 Å². The summed E-state index contributed by atoms with van der Waals surface area (Å²) in [5.74, 6) is -0.766. The Morgan fingerprint density at radius 3 is 2.19 bits per heavy atom. The molecule has 10 heteroatoms. The van der Waals surface area contributed by atoms with Crippen molar-refractivity contribution >= 4 is 34.3 Å². The van der Waals surface area contributed by atoms with Gasteiger partial charge in [-0.25, -0.2) is 4.79 Å². The van der Waals surface area contributed by atoms with E-state index in [9.17, 15) is 9.90 Å². The second-order valence-electron chi connectivity index (χ2n) is 9.86. The minimum atomic E-state index is -2.04. The second kappa shape index (κ2) is 11.7. The fourth-order valence-electron chi connectivity index (χ4n) is 5.14. The minimum Gasteiger partial charge on any atom is -0.497 e. The van der Waals surface area contributed by atoms with Gasteiger partial charge >= 0.3 is 5.97 Å². The number of methoxy groups -OCH3 is 3. The molecule has 5 aromatic rings. The molecule has 1 atom stereocenters. The van der Waals surface area contributed by atoms with Gasteiger partial charge in [0.1, 0.15) is 23.4 Å². The molecule has 0 radical (unpaired) electrons. The number of carbonyl (C=O) groups excluding carboxylic acids is 1. The van der Waals surface area contributed by atoms with Gasteiger partial charge in [-0.1, -0.05) is 36.4 Å². The molecule has 1 N–H and O–H groups in total. The van der Waals surface area contributed by atoms with Crippen molar-refractivity contribution in [2.24, 2.45) is 0 Å². The molecule has 0 fully saturated rings. The van der Waals surface area contributed by atoms with E-state index in [1.807, 2.05) is 30.3 Å². The first-order valence-electron chi connectivity index (χ1n) is 13.4. The Morgan fingerprint density at radius 1 is 0.814 bits per heavy atom. The normalized spacial score (nSPS) is 16.3. The molecular formula is C33H28N2O7S. The van der Waals surface area contributed by atoms with Gasteiger partial charge in [-0.15, -0.1) is 0 Å². The van der Waals surface area contributed by atoms with Crippen LogP contribution in [0, 0.1) is 0 Å². The highest BCUT2D eigenvalue weighted by Crippen LogP contribution is 2.47. The fraction of sp³-hybridized carbons (Fsp3) is 0.182. The van der Waals surface area contributed by atoms with Gasteiger partial charge in [0.15, 0.2) is 11.5 Å². The van der Waals surface area contributed by atoms with E-state index in [2.05, 4.69) is 8.75 Å². The van der Waals surface area contributed by atoms with Crippen LogP contribution >= 0.6 is 11.7 Å². The van der Waals surface area contributed by atoms with Gasteiger partial charge in [0.05, 0.1) is 38.6 Å². The molecule has 1 unspecified atom stereocenters. The lowest BCUT2D eigenvalue weighted by Gasteiger charge is -2.26. The number of aromatic nitrogens is 2. The Labute approximate surface area is 252 Å². The van der Waals surface area contributed by atoms with Gasteiger partial charge in [0, 0.05) is 17.6 Å². The highest BCUT2D eigenvalue weighted by molar-refractivity contribution is 7.00. The smallest absolute Gasteiger partial charge is 0.342 e. The van der Waals surface area contributed by atoms with Gasteiger partial charge in [0.25, 0.3) is 5.79 Å². The largest absolute Gasteiger partial charge is 0.497 e. The van der Waals surface area contributed by atoms with E-state index in [4.69, 9.17) is 23.7 Å². The first kappa shape index (κ1) is 28.2. The van der Waals surface area contributed by atoms with Crippen LogP contribution in [-0.2, 0) is 28.3 Å². The van der Waals surface area contributed by atoms with Crippen LogP contribution in [0.4, 0.5) is 0 Å². The minimum absolute atomic E-state index is 0.128. The summed E-state index contributed by atoms with van der Waals surface area (Å²) in [6, 6.07) is 25.5. The summed E-state index contributed by atoms with van der Waals surface area (Å²) in [6.07, 6.45) is 0.128. The number of ether oxygens (including phenoxy) is 5. The van der Waals surface area contributed by atoms with E-state index in [1.165, 1.54) is 0 Å². The fourth-order valence-corrected chi connectivity index (χ4v) is 5.66. The van der Waals surface area contributed by atoms with E-state index < -0.39 is 11.8 Å². The maximum atomic E-state index is 13.5. The van der Waals surface area contributed by atoms with E-state index in [0.29, 0.717) is 62.9 Å². The summed E-state index contributed by atoms with van der Waals surface area (Å²) in [6.45, 7) is 0.315. The Hall–Kier alpha value is -4.93. The molecule has 0 spiro atoms. The van der Waals surface area contributed by atoms with E-state index in [1.54, 1.807) is 75.9 Å². The van der Waals surface area contributed by atoms with Crippen molar-refractivity contribution in [3.05, 3.63) is 113 Å². The molecule has 6 rings (SSSR count). The van der Waals surface area contributed by atoms with Gasteiger partial charge < -0.3 is 28.8 Å². The molecule has 4 aromatic carbocycles. The van der Waals surface area contributed by atoms with Crippen molar-refractivity contribution in [1.29, 1.82) is 0 Å². The molecule has 43 heavy (non-hydrogen) atoms. The third-order valence-corrected chi connectivity index (χ3v) is 7.86. The predicted molar refractivity (Wildman–Crippen MR) is 161 cm³/mol. The number of hydrogen-bond donors (Lipinski definition) is 1. The summed E-state index contributed by atoms with van der Waals surface area (Å²) >= 11 is 1.09. The number of nitrogens with zero attached hydrogens (tertiary/aromatic N) is 2. The number of rotatable bonds is 10. The molecular weight excluding hydrogens is 568 g/mol. The van der Waals surface area contributed by atoms with Crippen molar-refractivity contribution in [3.8, 4) is 23.0 Å². The molecule has 1 aliphatic rings. The predicted octanol–water partition coefficient (Wildman–Crippen LogP) is 5.69. The molecule has 2 heterocycles. The van der Waals surface area contributed by atoms with Crippen LogP contribution < -0.4 is 18.9 Å². The summed E-state index contributed by atoms with van der Waals surface area (Å²) in [5.41, 5.74) is 4.59. The van der Waals surface area contributed by atoms with Crippen LogP contribution in [0.3, 0.4) is 0 Å². The summed E-state index contributed by atoms with van der Waals surface area (Å²) < 4.78 is 37.2. The molecule has 0 bridgehead atoms. The van der Waals surface area contributed by atoms with Crippen molar-refractivity contribution in [2.45, 2.75) is 18.8 Å². The van der Waals surface area contributed by atoms with Crippen LogP contribution in [0.5, 0.6) is 23.0 Å². The van der Waals surface area contributed by atoms with Crippen molar-refractivity contribution in [1.82, 2.24) is 8.75 Å². The van der Waals surface area contributed by atoms with Crippen molar-refractivity contribution < 1.29 is 33.6 Å². The van der Waals surface area contributed by atoms with Crippen LogP contribution in [0.15, 0.2) is 90.5 Å². The van der Waals surface area contributed by atoms with Crippen LogP contribution in [0.25, 0.3) is 16.6 Å². The number of hydrogen-bond acceptors (Lipinski definition) is 10. The van der Waals surface area contributed by atoms with Crippen LogP contribution in [0.1, 0.15) is 22.3 Å². The van der Waals surface area contributed by atoms with Crippen LogP contribution in [-0.4, -0.2) is 41.2 Å². The Morgan fingerprint density at radius 2 is 1.51 bits per heavy atom. The molecule has 0 saturated heterocycles. The molecule has 0 amide bonds. The SMILES string of the molecule is COc1ccc(C2(O)OC(=O)C(c3ccc4nsnc4c3)=C2Cc2cc(OC)c(OCc3ccccc3)c(OC)c2)cc1. The summed E-state index contributed by atoms with van der Waals surface area (Å²) in [4.78, 5) is 13.5. The van der Waals surface area contributed by atoms with E-state index >= 15 is 0 Å². The number of carbonyl (C=O) groups is 1. The molecule has 1 aliphatic heterocycles. The number of aliphatic hydroxyl groups is 1. The molecule has 9 nitrogen and oxygen atoms in total. The molecule has 218 valence electrons. The zero-order chi connectivity index (χ0) is 30.0. The summed E-state index contributed by atoms with van der Waals surface area (Å²) in [5, 5.41) is 12.1. The average Bonchev–Trinajstić information content (AvgIpc) is 3.61. The quantitative estimate of drug-likeness (QED) is 0.203. The zero-order valence-electron chi connectivity index (χ0n) is 23.7. The third-order valence-electron chi connectivity index (χ3n) is 7.31. The average molecular weight is 597 g/mol. The lowest BCUT2D eigenvalue weighted by Crippen LogP contribution is -2.29. The van der Waals surface area contributed by atoms with Crippen LogP contribution in [0.2, 0.25) is 0 Å². The van der Waals surface area contributed by atoms with Crippen molar-refractivity contribution in [3.63, 3.8) is 0 Å². The number of cyclic esters (lactones) is 1. The lowest BCUT2D eigenvalue weighted by atomic mass is 9.88. The van der Waals surface area contributed by atoms with Gasteiger partial charge in [-0.2, -0.15) is 8.75 Å². The molecule has 1 aromatic heterocycles. The highest BCUT2D eigenvalue weighted by atomic mass is 32.1. The summed E-state index contributed by atoms with van der Waals surface area (Å²) in [7, 11) is 4.65. The van der Waals surface area contributed by atoms with Crippen molar-refractivity contribution in [2.75, 3.05) is 21.3 Å². The number of benzene rings is 4. The first-order chi connectivity index (χ1) is 20.9. The van der Waals surface area contributed by atoms with Gasteiger partial charge in [-0.3, -0.25) is 0 Å². The molecule has 0 aliphatic carbocycles. The topological polar surface area (TPSA) is 109 Å². The third kappa shape index (κ3) is 5.38. The zero-order valence-corrected chi connectivity index (χ0v) is 24.5. The number of fused-ring (bicyclic) bond motifs is 1. The molecule has 0 saturated carbocycles. The second-order valence-corrected chi connectivity index (χ2v) is 10.4. The Balaban J connectivity index is 1.45. The number of esters is 1. The standard InChI is InChI=1S/C33H28N2O7S/c1-38-24-12-10-23(11-13-24)33(37)25(30(32(36)42-33)22-9-14-26-27(18-22)35-43-34-26)15-21-16-28(39-2)31(29(17-21)40-3)41-19-20-7-5-4-6-8-20/h4-14,16-18,37H,15,19H2,1-3H3. The first-order valence-corrected chi connectivity index (χ1v) is 14.1. The lowest BCUT2D eigenvalue weighted by molar-refractivity contribution is -0.185. The van der Waals surface area contributed by atoms with Gasteiger partial charge in [-0.05, 0) is 65.2 Å². The van der Waals surface area contributed by atoms with E-state index in [-0.39, 0.29) is 12.0 Å². The maximum absolute atomic E-state index is 13.5. The highest BCUT2D eigenvalue weighted by Gasteiger charge is 2.48.